The second kappa shape index (κ2) is 2.70. The molecule has 0 amide bonds. The smallest absolute Gasteiger partial charge is 0.168 e. The van der Waals surface area contributed by atoms with Crippen molar-refractivity contribution in [2.75, 3.05) is 0 Å². The summed E-state index contributed by atoms with van der Waals surface area (Å²) in [5.41, 5.74) is 7.95. The van der Waals surface area contributed by atoms with Gasteiger partial charge in [0.05, 0.1) is 0 Å². The maximum absolute atomic E-state index is 8.91. The summed E-state index contributed by atoms with van der Waals surface area (Å²) in [6.45, 7) is 0. The molecular weight excluding hydrogens is 132 g/mol. The largest absolute Gasteiger partial charge is 0.506 e. The Morgan fingerprint density at radius 3 is 3.10 bits per heavy atom. The molecule has 50 valence electrons. The first-order valence-corrected chi connectivity index (χ1v) is 2.53. The molecule has 0 radical (unpaired) electrons. The number of hydrogen-bond acceptors (Lipinski definition) is 3. The standard InChI is InChI=1S/C5H4N4O/c6-9-8-5-4(10)2-1-3-7-5/h1-3,10H. The average Bonchev–Trinajstić information content (AvgIpc) is 1.94. The first-order chi connectivity index (χ1) is 4.84. The molecule has 0 aliphatic carbocycles. The Morgan fingerprint density at radius 1 is 1.70 bits per heavy atom. The monoisotopic (exact) mass is 136 g/mol. The van der Waals surface area contributed by atoms with Gasteiger partial charge in [0.25, 0.3) is 0 Å². The fourth-order valence-electron chi connectivity index (χ4n) is 0.508. The predicted octanol–water partition coefficient (Wildman–Crippen LogP) is 1.73. The molecule has 1 aromatic heterocycles. The molecule has 0 aromatic carbocycles. The third-order valence-electron chi connectivity index (χ3n) is 0.906. The van der Waals surface area contributed by atoms with Crippen LogP contribution in [-0.2, 0) is 0 Å². The van der Waals surface area contributed by atoms with Crippen molar-refractivity contribution in [2.45, 2.75) is 0 Å². The minimum Gasteiger partial charge on any atom is -0.506 e. The van der Waals surface area contributed by atoms with E-state index in [4.69, 9.17) is 10.6 Å². The van der Waals surface area contributed by atoms with Gasteiger partial charge in [-0.1, -0.05) is 0 Å². The van der Waals surface area contributed by atoms with E-state index in [0.717, 1.165) is 0 Å². The van der Waals surface area contributed by atoms with Crippen LogP contribution in [0.25, 0.3) is 10.4 Å². The fourth-order valence-corrected chi connectivity index (χ4v) is 0.508. The second-order valence-electron chi connectivity index (χ2n) is 1.54. The summed E-state index contributed by atoms with van der Waals surface area (Å²) < 4.78 is 0. The lowest BCUT2D eigenvalue weighted by Gasteiger charge is -1.91. The Balaban J connectivity index is 3.14. The highest BCUT2D eigenvalue weighted by molar-refractivity contribution is 5.42. The van der Waals surface area contributed by atoms with Crippen LogP contribution in [0.1, 0.15) is 0 Å². The van der Waals surface area contributed by atoms with Crippen molar-refractivity contribution < 1.29 is 5.11 Å². The molecule has 1 heterocycles. The number of hydrogen-bond donors (Lipinski definition) is 1. The summed E-state index contributed by atoms with van der Waals surface area (Å²) in [5, 5.41) is 12.0. The van der Waals surface area contributed by atoms with Crippen molar-refractivity contribution in [2.24, 2.45) is 5.11 Å². The van der Waals surface area contributed by atoms with Gasteiger partial charge in [-0.2, -0.15) is 0 Å². The van der Waals surface area contributed by atoms with E-state index in [0.29, 0.717) is 0 Å². The van der Waals surface area contributed by atoms with Gasteiger partial charge >= 0.3 is 0 Å². The van der Waals surface area contributed by atoms with E-state index in [-0.39, 0.29) is 11.6 Å². The predicted molar refractivity (Wildman–Crippen MR) is 34.7 cm³/mol. The van der Waals surface area contributed by atoms with Crippen LogP contribution in [0.2, 0.25) is 0 Å². The van der Waals surface area contributed by atoms with Gasteiger partial charge in [-0.25, -0.2) is 0 Å². The summed E-state index contributed by atoms with van der Waals surface area (Å²) in [6, 6.07) is 2.95. The number of aromatic hydroxyl groups is 1. The summed E-state index contributed by atoms with van der Waals surface area (Å²) in [7, 11) is 0. The average molecular weight is 136 g/mol. The summed E-state index contributed by atoms with van der Waals surface area (Å²) in [6.07, 6.45) is 1.43. The normalized spacial score (nSPS) is 8.40. The van der Waals surface area contributed by atoms with Gasteiger partial charge in [-0.05, 0) is 22.8 Å². The number of aromatic nitrogens is 1. The van der Waals surface area contributed by atoms with Crippen molar-refractivity contribution in [1.29, 1.82) is 0 Å². The zero-order chi connectivity index (χ0) is 7.40. The zero-order valence-electron chi connectivity index (χ0n) is 4.97. The Labute approximate surface area is 56.6 Å². The van der Waals surface area contributed by atoms with Crippen molar-refractivity contribution in [3.05, 3.63) is 28.8 Å². The number of azide groups is 1. The van der Waals surface area contributed by atoms with Crippen LogP contribution in [0.3, 0.4) is 0 Å². The molecule has 5 heteroatoms. The molecule has 10 heavy (non-hydrogen) atoms. The molecule has 0 atom stereocenters. The van der Waals surface area contributed by atoms with E-state index < -0.39 is 0 Å². The zero-order valence-corrected chi connectivity index (χ0v) is 4.97. The van der Waals surface area contributed by atoms with E-state index >= 15 is 0 Å². The molecule has 0 unspecified atom stereocenters. The van der Waals surface area contributed by atoms with Crippen LogP contribution in [-0.4, -0.2) is 10.1 Å². The molecule has 1 aromatic rings. The highest BCUT2D eigenvalue weighted by Gasteiger charge is 1.94. The molecule has 1 rings (SSSR count). The highest BCUT2D eigenvalue weighted by Crippen LogP contribution is 2.21. The van der Waals surface area contributed by atoms with Crippen molar-refractivity contribution >= 4 is 5.82 Å². The fraction of sp³-hybridized carbons (Fsp3) is 0. The van der Waals surface area contributed by atoms with Gasteiger partial charge in [0.1, 0.15) is 5.75 Å². The van der Waals surface area contributed by atoms with E-state index in [1.54, 1.807) is 6.07 Å². The summed E-state index contributed by atoms with van der Waals surface area (Å²) in [4.78, 5) is 6.07. The van der Waals surface area contributed by atoms with E-state index in [2.05, 4.69) is 15.0 Å². The quantitative estimate of drug-likeness (QED) is 0.362. The minimum absolute atomic E-state index is 0.00463. The van der Waals surface area contributed by atoms with Gasteiger partial charge in [0, 0.05) is 11.1 Å². The molecule has 0 saturated heterocycles. The Morgan fingerprint density at radius 2 is 2.50 bits per heavy atom. The molecule has 0 saturated carbocycles. The van der Waals surface area contributed by atoms with Gasteiger partial charge < -0.3 is 5.11 Å². The first kappa shape index (κ1) is 6.38. The van der Waals surface area contributed by atoms with E-state index in [1.807, 2.05) is 0 Å². The van der Waals surface area contributed by atoms with Gasteiger partial charge in [-0.3, -0.25) is 4.98 Å². The third-order valence-corrected chi connectivity index (χ3v) is 0.906. The van der Waals surface area contributed by atoms with Gasteiger partial charge in [-0.15, -0.1) is 0 Å². The maximum Gasteiger partial charge on any atom is 0.168 e. The van der Waals surface area contributed by atoms with Crippen LogP contribution in [0.5, 0.6) is 5.75 Å². The number of nitrogens with zero attached hydrogens (tertiary/aromatic N) is 4. The van der Waals surface area contributed by atoms with Crippen LogP contribution < -0.4 is 0 Å². The molecule has 0 aliphatic rings. The Hall–Kier alpha value is -1.74. The van der Waals surface area contributed by atoms with Crippen LogP contribution in [0.4, 0.5) is 5.82 Å². The van der Waals surface area contributed by atoms with Gasteiger partial charge in [0.2, 0.25) is 0 Å². The lowest BCUT2D eigenvalue weighted by Crippen LogP contribution is -1.70. The number of pyridine rings is 1. The van der Waals surface area contributed by atoms with Crippen molar-refractivity contribution in [3.63, 3.8) is 0 Å². The van der Waals surface area contributed by atoms with E-state index in [9.17, 15) is 0 Å². The van der Waals surface area contributed by atoms with Crippen molar-refractivity contribution in [3.8, 4) is 5.75 Å². The summed E-state index contributed by atoms with van der Waals surface area (Å²) in [5.74, 6) is -0.106. The lowest BCUT2D eigenvalue weighted by molar-refractivity contribution is 0.474. The minimum atomic E-state index is -0.111. The first-order valence-electron chi connectivity index (χ1n) is 2.53. The SMILES string of the molecule is [N-]=[N+]=Nc1ncccc1O. The van der Waals surface area contributed by atoms with Crippen LogP contribution in [0, 0.1) is 0 Å². The van der Waals surface area contributed by atoms with E-state index in [1.165, 1.54) is 12.3 Å². The molecule has 0 aliphatic heterocycles. The molecule has 5 nitrogen and oxygen atoms in total. The molecule has 0 spiro atoms. The molecule has 0 bridgehead atoms. The molecule has 1 N–H and O–H groups in total. The van der Waals surface area contributed by atoms with Crippen LogP contribution >= 0.6 is 0 Å². The lowest BCUT2D eigenvalue weighted by atomic mass is 10.4. The Kier molecular flexibility index (Phi) is 1.72. The molecule has 0 fully saturated rings. The second-order valence-corrected chi connectivity index (χ2v) is 1.54. The topological polar surface area (TPSA) is 81.9 Å². The maximum atomic E-state index is 8.91. The molecular formula is C5H4N4O. The van der Waals surface area contributed by atoms with Crippen LogP contribution in [0.15, 0.2) is 23.4 Å². The Bertz CT molecular complexity index is 279. The highest BCUT2D eigenvalue weighted by atomic mass is 16.3. The van der Waals surface area contributed by atoms with Gasteiger partial charge in [0.15, 0.2) is 5.82 Å². The third kappa shape index (κ3) is 1.15. The van der Waals surface area contributed by atoms with Crippen molar-refractivity contribution in [1.82, 2.24) is 4.98 Å². The summed E-state index contributed by atoms with van der Waals surface area (Å²) >= 11 is 0. The number of rotatable bonds is 1.